The van der Waals surface area contributed by atoms with E-state index in [9.17, 15) is 0 Å². The van der Waals surface area contributed by atoms with Crippen LogP contribution in [0, 0.1) is 0 Å². The first-order chi connectivity index (χ1) is 8.31. The predicted octanol–water partition coefficient (Wildman–Crippen LogP) is 2.64. The van der Waals surface area contributed by atoms with Crippen LogP contribution in [0.3, 0.4) is 0 Å². The highest BCUT2D eigenvalue weighted by molar-refractivity contribution is 5.82. The number of furan rings is 1. The molecule has 2 rings (SSSR count). The largest absolute Gasteiger partial charge is 0.459 e. The van der Waals surface area contributed by atoms with Crippen LogP contribution in [-0.4, -0.2) is 18.8 Å². The van der Waals surface area contributed by atoms with Gasteiger partial charge in [0, 0.05) is 17.6 Å². The second-order valence-corrected chi connectivity index (χ2v) is 4.15. The van der Waals surface area contributed by atoms with Crippen LogP contribution < -0.4 is 5.32 Å². The van der Waals surface area contributed by atoms with E-state index < -0.39 is 0 Å². The molecule has 0 fully saturated rings. The third kappa shape index (κ3) is 2.21. The summed E-state index contributed by atoms with van der Waals surface area (Å²) in [5.41, 5.74) is 2.17. The third-order valence-electron chi connectivity index (χ3n) is 3.17. The molecule has 2 aromatic rings. The zero-order chi connectivity index (χ0) is 12.3. The molecule has 3 heteroatoms. The number of para-hydroxylation sites is 1. The molecule has 0 saturated carbocycles. The lowest BCUT2D eigenvalue weighted by atomic mass is 10.0. The van der Waals surface area contributed by atoms with Gasteiger partial charge in [0.15, 0.2) is 0 Å². The Hall–Kier alpha value is -1.32. The maximum Gasteiger partial charge on any atom is 0.134 e. The minimum Gasteiger partial charge on any atom is -0.459 e. The Bertz CT molecular complexity index is 490. The van der Waals surface area contributed by atoms with E-state index in [2.05, 4.69) is 18.3 Å². The molecular weight excluding hydrogens is 214 g/mol. The topological polar surface area (TPSA) is 45.4 Å². The molecule has 92 valence electrons. The Morgan fingerprint density at radius 3 is 2.76 bits per heavy atom. The molecule has 1 atom stereocenters. The number of fused-ring (bicyclic) bond motifs is 1. The van der Waals surface area contributed by atoms with Crippen LogP contribution in [0.25, 0.3) is 11.0 Å². The van der Waals surface area contributed by atoms with Crippen LogP contribution in [0.4, 0.5) is 0 Å². The Labute approximate surface area is 101 Å². The molecule has 1 aromatic carbocycles. The van der Waals surface area contributed by atoms with Gasteiger partial charge in [-0.05, 0) is 26.0 Å². The van der Waals surface area contributed by atoms with Crippen molar-refractivity contribution in [2.45, 2.75) is 25.8 Å². The molecule has 0 aliphatic rings. The lowest BCUT2D eigenvalue weighted by Crippen LogP contribution is -2.18. The van der Waals surface area contributed by atoms with Gasteiger partial charge in [-0.15, -0.1) is 0 Å². The maximum atomic E-state index is 9.09. The van der Waals surface area contributed by atoms with Gasteiger partial charge >= 0.3 is 0 Å². The van der Waals surface area contributed by atoms with Crippen molar-refractivity contribution in [1.82, 2.24) is 5.32 Å². The Kier molecular flexibility index (Phi) is 3.82. The fourth-order valence-corrected chi connectivity index (χ4v) is 2.30. The molecule has 1 heterocycles. The third-order valence-corrected chi connectivity index (χ3v) is 3.17. The van der Waals surface area contributed by atoms with Gasteiger partial charge in [-0.2, -0.15) is 0 Å². The van der Waals surface area contributed by atoms with Gasteiger partial charge < -0.3 is 14.8 Å². The maximum absolute atomic E-state index is 9.09. The monoisotopic (exact) mass is 233 g/mol. The molecule has 0 saturated heterocycles. The zero-order valence-corrected chi connectivity index (χ0v) is 10.4. The van der Waals surface area contributed by atoms with E-state index in [1.165, 1.54) is 10.9 Å². The molecule has 0 spiro atoms. The van der Waals surface area contributed by atoms with E-state index in [0.29, 0.717) is 6.42 Å². The molecule has 17 heavy (non-hydrogen) atoms. The predicted molar refractivity (Wildman–Crippen MR) is 69.1 cm³/mol. The molecule has 0 amide bonds. The van der Waals surface area contributed by atoms with Crippen molar-refractivity contribution in [2.24, 2.45) is 0 Å². The van der Waals surface area contributed by atoms with E-state index >= 15 is 0 Å². The number of nitrogens with one attached hydrogen (secondary N) is 1. The van der Waals surface area contributed by atoms with Crippen molar-refractivity contribution in [3.8, 4) is 0 Å². The zero-order valence-electron chi connectivity index (χ0n) is 10.4. The van der Waals surface area contributed by atoms with Crippen LogP contribution in [0.5, 0.6) is 0 Å². The lowest BCUT2D eigenvalue weighted by Gasteiger charge is -2.13. The van der Waals surface area contributed by atoms with E-state index in [4.69, 9.17) is 9.52 Å². The van der Waals surface area contributed by atoms with Crippen LogP contribution in [0.2, 0.25) is 0 Å². The van der Waals surface area contributed by atoms with Crippen LogP contribution >= 0.6 is 0 Å². The highest BCUT2D eigenvalue weighted by atomic mass is 16.3. The number of rotatable bonds is 5. The second-order valence-electron chi connectivity index (χ2n) is 4.15. The van der Waals surface area contributed by atoms with Crippen molar-refractivity contribution >= 4 is 11.0 Å². The summed E-state index contributed by atoms with van der Waals surface area (Å²) in [4.78, 5) is 0. The average molecular weight is 233 g/mol. The second kappa shape index (κ2) is 5.34. The summed E-state index contributed by atoms with van der Waals surface area (Å²) in [6.45, 7) is 2.29. The van der Waals surface area contributed by atoms with Crippen molar-refractivity contribution in [1.29, 1.82) is 0 Å². The van der Waals surface area contributed by atoms with Gasteiger partial charge in [0.05, 0.1) is 6.04 Å². The lowest BCUT2D eigenvalue weighted by molar-refractivity contribution is 0.259. The summed E-state index contributed by atoms with van der Waals surface area (Å²) < 4.78 is 5.92. The Balaban J connectivity index is 2.51. The van der Waals surface area contributed by atoms with Gasteiger partial charge in [-0.3, -0.25) is 0 Å². The highest BCUT2D eigenvalue weighted by Crippen LogP contribution is 2.31. The number of hydrogen-bond acceptors (Lipinski definition) is 3. The van der Waals surface area contributed by atoms with Crippen LogP contribution in [0.15, 0.2) is 28.7 Å². The van der Waals surface area contributed by atoms with Gasteiger partial charge in [-0.1, -0.05) is 25.1 Å². The van der Waals surface area contributed by atoms with E-state index in [1.807, 2.05) is 25.2 Å². The van der Waals surface area contributed by atoms with Crippen LogP contribution in [0.1, 0.15) is 30.7 Å². The van der Waals surface area contributed by atoms with Gasteiger partial charge in [0.2, 0.25) is 0 Å². The van der Waals surface area contributed by atoms with Crippen LogP contribution in [-0.2, 0) is 6.42 Å². The molecule has 0 radical (unpaired) electrons. The molecule has 0 aliphatic heterocycles. The number of benzene rings is 1. The first-order valence-electron chi connectivity index (χ1n) is 6.10. The van der Waals surface area contributed by atoms with Crippen molar-refractivity contribution in [3.63, 3.8) is 0 Å². The van der Waals surface area contributed by atoms with E-state index in [-0.39, 0.29) is 12.6 Å². The van der Waals surface area contributed by atoms with Gasteiger partial charge in [0.25, 0.3) is 0 Å². The van der Waals surface area contributed by atoms with Gasteiger partial charge in [0.1, 0.15) is 11.3 Å². The normalized spacial score (nSPS) is 13.1. The quantitative estimate of drug-likeness (QED) is 0.834. The smallest absolute Gasteiger partial charge is 0.134 e. The van der Waals surface area contributed by atoms with E-state index in [0.717, 1.165) is 17.8 Å². The van der Waals surface area contributed by atoms with Crippen molar-refractivity contribution in [3.05, 3.63) is 35.6 Å². The first kappa shape index (κ1) is 12.1. The van der Waals surface area contributed by atoms with E-state index in [1.54, 1.807) is 0 Å². The molecule has 0 bridgehead atoms. The molecule has 0 aliphatic carbocycles. The number of aliphatic hydroxyl groups excluding tert-OH is 1. The average Bonchev–Trinajstić information content (AvgIpc) is 2.74. The standard InChI is InChI=1S/C14H19NO2/c1-3-10-11-6-4-5-7-13(11)17-14(10)12(15-2)8-9-16/h4-7,12,15-16H,3,8-9H2,1-2H3. The number of aryl methyl sites for hydroxylation is 1. The Morgan fingerprint density at radius 2 is 2.12 bits per heavy atom. The molecule has 1 unspecified atom stereocenters. The fraction of sp³-hybridized carbons (Fsp3) is 0.429. The summed E-state index contributed by atoms with van der Waals surface area (Å²) in [5.74, 6) is 0.963. The summed E-state index contributed by atoms with van der Waals surface area (Å²) in [7, 11) is 1.90. The minimum atomic E-state index is 0.0855. The summed E-state index contributed by atoms with van der Waals surface area (Å²) in [5, 5.41) is 13.5. The van der Waals surface area contributed by atoms with Crippen molar-refractivity contribution in [2.75, 3.05) is 13.7 Å². The summed E-state index contributed by atoms with van der Waals surface area (Å²) in [6.07, 6.45) is 1.61. The number of aliphatic hydroxyl groups is 1. The molecular formula is C14H19NO2. The molecule has 2 N–H and O–H groups in total. The molecule has 1 aromatic heterocycles. The fourth-order valence-electron chi connectivity index (χ4n) is 2.30. The first-order valence-corrected chi connectivity index (χ1v) is 6.10. The number of hydrogen-bond donors (Lipinski definition) is 2. The summed E-state index contributed by atoms with van der Waals surface area (Å²) >= 11 is 0. The SMILES string of the molecule is CCc1c(C(CCO)NC)oc2ccccc12. The summed E-state index contributed by atoms with van der Waals surface area (Å²) in [6, 6.07) is 8.18. The van der Waals surface area contributed by atoms with Crippen molar-refractivity contribution < 1.29 is 9.52 Å². The van der Waals surface area contributed by atoms with Gasteiger partial charge in [-0.25, -0.2) is 0 Å². The Morgan fingerprint density at radius 1 is 1.35 bits per heavy atom. The molecule has 3 nitrogen and oxygen atoms in total. The minimum absolute atomic E-state index is 0.0855. The highest BCUT2D eigenvalue weighted by Gasteiger charge is 2.19.